The minimum atomic E-state index is -0.699. The topological polar surface area (TPSA) is 58.6 Å². The lowest BCUT2D eigenvalue weighted by Crippen LogP contribution is -2.49. The zero-order valence-electron chi connectivity index (χ0n) is 20.1. The van der Waals surface area contributed by atoms with E-state index in [2.05, 4.69) is 42.0 Å². The molecule has 0 unspecified atom stereocenters. The number of benzene rings is 2. The molecule has 180 valence electrons. The first-order chi connectivity index (χ1) is 15.5. The summed E-state index contributed by atoms with van der Waals surface area (Å²) in [5.74, 6) is -0.356. The van der Waals surface area contributed by atoms with E-state index in [0.29, 0.717) is 12.3 Å². The lowest BCUT2D eigenvalue weighted by Gasteiger charge is -2.29. The Labute approximate surface area is 204 Å². The van der Waals surface area contributed by atoms with Gasteiger partial charge in [0.1, 0.15) is 17.6 Å². The Morgan fingerprint density at radius 3 is 2.39 bits per heavy atom. The van der Waals surface area contributed by atoms with E-state index in [9.17, 15) is 14.0 Å². The van der Waals surface area contributed by atoms with Gasteiger partial charge in [-0.1, -0.05) is 52.3 Å². The van der Waals surface area contributed by atoms with Crippen molar-refractivity contribution < 1.29 is 18.7 Å². The smallest absolute Gasteiger partial charge is 0.261 e. The summed E-state index contributed by atoms with van der Waals surface area (Å²) in [5.41, 5.74) is 1.86. The van der Waals surface area contributed by atoms with Crippen LogP contribution in [0.15, 0.2) is 46.9 Å². The fraction of sp³-hybridized carbons (Fsp3) is 0.462. The third-order valence-corrected chi connectivity index (χ3v) is 6.03. The predicted octanol–water partition coefficient (Wildman–Crippen LogP) is 5.60. The molecule has 2 aromatic carbocycles. The number of amides is 2. The second-order valence-corrected chi connectivity index (χ2v) is 10.0. The van der Waals surface area contributed by atoms with E-state index >= 15 is 0 Å². The minimum absolute atomic E-state index is 0.0105. The van der Waals surface area contributed by atoms with E-state index in [-0.39, 0.29) is 36.2 Å². The van der Waals surface area contributed by atoms with Crippen molar-refractivity contribution in [2.75, 3.05) is 13.2 Å². The number of hydrogen-bond donors (Lipinski definition) is 1. The van der Waals surface area contributed by atoms with Crippen LogP contribution in [0.5, 0.6) is 5.75 Å². The van der Waals surface area contributed by atoms with Gasteiger partial charge in [0, 0.05) is 13.1 Å². The molecule has 0 aromatic heterocycles. The van der Waals surface area contributed by atoms with Crippen molar-refractivity contribution in [3.05, 3.63) is 63.9 Å². The van der Waals surface area contributed by atoms with Crippen LogP contribution in [-0.2, 0) is 21.5 Å². The second kappa shape index (κ2) is 12.2. The van der Waals surface area contributed by atoms with Crippen molar-refractivity contribution in [1.29, 1.82) is 0 Å². The van der Waals surface area contributed by atoms with Crippen LogP contribution in [-0.4, -0.2) is 35.9 Å². The van der Waals surface area contributed by atoms with Gasteiger partial charge in [-0.2, -0.15) is 0 Å². The molecule has 0 aliphatic heterocycles. The van der Waals surface area contributed by atoms with Crippen LogP contribution < -0.4 is 10.1 Å². The molecule has 2 rings (SSSR count). The van der Waals surface area contributed by atoms with Crippen molar-refractivity contribution in [2.45, 2.75) is 65.5 Å². The van der Waals surface area contributed by atoms with Gasteiger partial charge < -0.3 is 15.0 Å². The molecule has 7 heteroatoms. The molecule has 5 nitrogen and oxygen atoms in total. The molecule has 0 fully saturated rings. The molecule has 0 radical (unpaired) electrons. The monoisotopic (exact) mass is 520 g/mol. The zero-order valence-corrected chi connectivity index (χ0v) is 21.7. The molecule has 0 saturated heterocycles. The molecule has 2 amide bonds. The molecular weight excluding hydrogens is 487 g/mol. The summed E-state index contributed by atoms with van der Waals surface area (Å²) in [4.78, 5) is 27.3. The first-order valence-corrected chi connectivity index (χ1v) is 12.1. The van der Waals surface area contributed by atoms with E-state index in [1.807, 2.05) is 25.1 Å². The molecule has 33 heavy (non-hydrogen) atoms. The quantitative estimate of drug-likeness (QED) is 0.415. The van der Waals surface area contributed by atoms with Crippen LogP contribution in [0.4, 0.5) is 4.39 Å². The van der Waals surface area contributed by atoms with Gasteiger partial charge >= 0.3 is 0 Å². The number of carbonyl (C=O) groups is 2. The second-order valence-electron chi connectivity index (χ2n) is 9.15. The predicted molar refractivity (Wildman–Crippen MR) is 133 cm³/mol. The summed E-state index contributed by atoms with van der Waals surface area (Å²) in [5, 5.41) is 2.88. The normalized spacial score (nSPS) is 12.2. The van der Waals surface area contributed by atoms with E-state index in [0.717, 1.165) is 28.4 Å². The minimum Gasteiger partial charge on any atom is -0.483 e. The first kappa shape index (κ1) is 26.8. The number of halogens is 2. The van der Waals surface area contributed by atoms with Gasteiger partial charge in [-0.15, -0.1) is 0 Å². The molecule has 1 atom stereocenters. The van der Waals surface area contributed by atoms with E-state index < -0.39 is 6.04 Å². The number of unbranched alkanes of at least 4 members (excludes halogenated alkanes) is 1. The first-order valence-electron chi connectivity index (χ1n) is 11.3. The number of rotatable bonds is 10. The van der Waals surface area contributed by atoms with Gasteiger partial charge in [0.25, 0.3) is 5.91 Å². The summed E-state index contributed by atoms with van der Waals surface area (Å²) >= 11 is 3.53. The Kier molecular flexibility index (Phi) is 9.89. The number of nitrogens with one attached hydrogen (secondary N) is 1. The highest BCUT2D eigenvalue weighted by Gasteiger charge is 2.26. The lowest BCUT2D eigenvalue weighted by atomic mass is 9.87. The lowest BCUT2D eigenvalue weighted by molar-refractivity contribution is -0.142. The molecule has 0 bridgehead atoms. The zero-order chi connectivity index (χ0) is 24.6. The highest BCUT2D eigenvalue weighted by atomic mass is 79.9. The fourth-order valence-electron chi connectivity index (χ4n) is 3.21. The Hall–Kier alpha value is -2.41. The number of hydrogen-bond acceptors (Lipinski definition) is 3. The highest BCUT2D eigenvalue weighted by Crippen LogP contribution is 2.31. The summed E-state index contributed by atoms with van der Waals surface area (Å²) in [6.45, 7) is 10.6. The highest BCUT2D eigenvalue weighted by molar-refractivity contribution is 9.10. The molecule has 0 saturated carbocycles. The van der Waals surface area contributed by atoms with Crippen molar-refractivity contribution in [3.8, 4) is 5.75 Å². The third kappa shape index (κ3) is 8.14. The van der Waals surface area contributed by atoms with Crippen molar-refractivity contribution in [3.63, 3.8) is 0 Å². The van der Waals surface area contributed by atoms with Crippen LogP contribution in [0.3, 0.4) is 0 Å². The van der Waals surface area contributed by atoms with E-state index in [1.54, 1.807) is 19.1 Å². The number of carbonyl (C=O) groups excluding carboxylic acids is 2. The van der Waals surface area contributed by atoms with Crippen LogP contribution in [0.2, 0.25) is 0 Å². The maximum Gasteiger partial charge on any atom is 0.261 e. The number of ether oxygens (including phenoxy) is 1. The Bertz CT molecular complexity index is 942. The largest absolute Gasteiger partial charge is 0.483 e. The summed E-state index contributed by atoms with van der Waals surface area (Å²) in [7, 11) is 0. The molecule has 0 aliphatic carbocycles. The van der Waals surface area contributed by atoms with E-state index in [4.69, 9.17) is 4.74 Å². The average molecular weight is 521 g/mol. The van der Waals surface area contributed by atoms with E-state index in [1.165, 1.54) is 17.0 Å². The molecule has 0 spiro atoms. The SMILES string of the molecule is CCCCNC(=O)[C@@H](C)N(Cc1ccc(F)cc1)C(=O)COc1ccc(C(C)(C)C)cc1Br. The molecule has 0 heterocycles. The van der Waals surface area contributed by atoms with Gasteiger partial charge in [-0.25, -0.2) is 4.39 Å². The average Bonchev–Trinajstić information content (AvgIpc) is 2.76. The number of nitrogens with zero attached hydrogens (tertiary/aromatic N) is 1. The van der Waals surface area contributed by atoms with Gasteiger partial charge in [-0.3, -0.25) is 9.59 Å². The Morgan fingerprint density at radius 2 is 1.82 bits per heavy atom. The molecular formula is C26H34BrFN2O3. The maximum absolute atomic E-state index is 13.3. The third-order valence-electron chi connectivity index (χ3n) is 5.41. The fourth-order valence-corrected chi connectivity index (χ4v) is 3.71. The van der Waals surface area contributed by atoms with Crippen LogP contribution in [0.1, 0.15) is 58.6 Å². The van der Waals surface area contributed by atoms with Crippen molar-refractivity contribution in [2.24, 2.45) is 0 Å². The summed E-state index contributed by atoms with van der Waals surface area (Å²) in [6.07, 6.45) is 1.83. The van der Waals surface area contributed by atoms with Gasteiger partial charge in [0.15, 0.2) is 6.61 Å². The van der Waals surface area contributed by atoms with Crippen molar-refractivity contribution >= 4 is 27.7 Å². The Morgan fingerprint density at radius 1 is 1.15 bits per heavy atom. The van der Waals surface area contributed by atoms with Gasteiger partial charge in [0.05, 0.1) is 4.47 Å². The van der Waals surface area contributed by atoms with Crippen LogP contribution in [0.25, 0.3) is 0 Å². The van der Waals surface area contributed by atoms with Crippen LogP contribution in [0, 0.1) is 5.82 Å². The molecule has 1 N–H and O–H groups in total. The summed E-state index contributed by atoms with van der Waals surface area (Å²) < 4.78 is 19.9. The van der Waals surface area contributed by atoms with Gasteiger partial charge in [-0.05, 0) is 70.1 Å². The van der Waals surface area contributed by atoms with Crippen LogP contribution >= 0.6 is 15.9 Å². The van der Waals surface area contributed by atoms with Gasteiger partial charge in [0.2, 0.25) is 5.91 Å². The Balaban J connectivity index is 2.15. The van der Waals surface area contributed by atoms with Crippen molar-refractivity contribution in [1.82, 2.24) is 10.2 Å². The standard InChI is InChI=1S/C26H34BrFN2O3/c1-6-7-14-29-25(32)18(2)30(16-19-8-11-21(28)12-9-19)24(31)17-33-23-13-10-20(15-22(23)27)26(3,4)5/h8-13,15,18H,6-7,14,16-17H2,1-5H3,(H,29,32)/t18-/m1/s1. The molecule has 2 aromatic rings. The maximum atomic E-state index is 13.3. The summed E-state index contributed by atoms with van der Waals surface area (Å²) in [6, 6.07) is 11.0. The molecule has 0 aliphatic rings.